The van der Waals surface area contributed by atoms with E-state index in [1.54, 1.807) is 17.0 Å². The molecule has 0 spiro atoms. The van der Waals surface area contributed by atoms with Crippen LogP contribution in [0.5, 0.6) is 0 Å². The highest BCUT2D eigenvalue weighted by molar-refractivity contribution is 5.94. The van der Waals surface area contributed by atoms with Crippen LogP contribution >= 0.6 is 0 Å². The zero-order chi connectivity index (χ0) is 20.1. The molecule has 0 unspecified atom stereocenters. The molecule has 1 aliphatic heterocycles. The van der Waals surface area contributed by atoms with Crippen molar-refractivity contribution in [1.29, 1.82) is 0 Å². The third kappa shape index (κ3) is 4.47. The number of hydrogen-bond donors (Lipinski definition) is 2. The average molecular weight is 382 g/mol. The maximum Gasteiger partial charge on any atom is 0.324 e. The molecule has 148 valence electrons. The van der Waals surface area contributed by atoms with E-state index in [1.165, 1.54) is 6.20 Å². The number of pyridine rings is 1. The van der Waals surface area contributed by atoms with E-state index in [0.29, 0.717) is 30.9 Å². The summed E-state index contributed by atoms with van der Waals surface area (Å²) in [4.78, 5) is 35.1. The van der Waals surface area contributed by atoms with Crippen molar-refractivity contribution in [2.45, 2.75) is 13.5 Å². The third-order valence-corrected chi connectivity index (χ3v) is 4.95. The van der Waals surface area contributed by atoms with Crippen molar-refractivity contribution in [3.8, 4) is 0 Å². The highest BCUT2D eigenvalue weighted by Crippen LogP contribution is 2.23. The fourth-order valence-electron chi connectivity index (χ4n) is 3.19. The van der Waals surface area contributed by atoms with Crippen LogP contribution in [0.25, 0.3) is 0 Å². The Bertz CT molecular complexity index is 831. The number of hydrazine groups is 1. The zero-order valence-electron chi connectivity index (χ0n) is 16.3. The van der Waals surface area contributed by atoms with Crippen molar-refractivity contribution in [2.24, 2.45) is 5.84 Å². The van der Waals surface area contributed by atoms with Gasteiger partial charge in [0.15, 0.2) is 0 Å². The lowest BCUT2D eigenvalue weighted by atomic mass is 10.1. The monoisotopic (exact) mass is 382 g/mol. The Hall–Kier alpha value is -2.97. The summed E-state index contributed by atoms with van der Waals surface area (Å²) in [6.07, 6.45) is 1.47. The van der Waals surface area contributed by atoms with Crippen molar-refractivity contribution in [3.05, 3.63) is 59.4 Å². The first-order valence-electron chi connectivity index (χ1n) is 9.26. The van der Waals surface area contributed by atoms with Crippen molar-refractivity contribution in [2.75, 3.05) is 38.1 Å². The largest absolute Gasteiger partial charge is 0.324 e. The number of aromatic nitrogens is 1. The molecule has 1 saturated heterocycles. The number of carbonyl (C=O) groups excluding carboxylic acids is 2. The molecule has 3 rings (SSSR count). The fourth-order valence-corrected chi connectivity index (χ4v) is 3.19. The summed E-state index contributed by atoms with van der Waals surface area (Å²) in [7, 11) is 2.06. The van der Waals surface area contributed by atoms with Gasteiger partial charge in [0.25, 0.3) is 5.91 Å². The molecule has 0 radical (unpaired) electrons. The van der Waals surface area contributed by atoms with E-state index in [2.05, 4.69) is 22.4 Å². The zero-order valence-corrected chi connectivity index (χ0v) is 16.3. The van der Waals surface area contributed by atoms with E-state index in [-0.39, 0.29) is 6.03 Å². The minimum Gasteiger partial charge on any atom is -0.322 e. The van der Waals surface area contributed by atoms with Crippen LogP contribution in [0.1, 0.15) is 21.6 Å². The summed E-state index contributed by atoms with van der Waals surface area (Å²) >= 11 is 0. The summed E-state index contributed by atoms with van der Waals surface area (Å²) in [6.45, 7) is 5.41. The first-order valence-corrected chi connectivity index (χ1v) is 9.26. The number of benzene rings is 1. The standard InChI is InChI=1S/C20H26N6O2/c1-15-5-3-4-6-18(15)26(20(28)25-11-9-24(2)10-12-25)14-17-8-7-16(13-22-17)19(27)23-21/h3-8,13H,9-12,14,21H2,1-2H3,(H,23,27). The van der Waals surface area contributed by atoms with Crippen molar-refractivity contribution in [3.63, 3.8) is 0 Å². The molecule has 0 aliphatic carbocycles. The highest BCUT2D eigenvalue weighted by atomic mass is 16.2. The number of urea groups is 1. The number of nitrogen functional groups attached to an aromatic ring is 1. The lowest BCUT2D eigenvalue weighted by Crippen LogP contribution is -2.52. The molecule has 8 heteroatoms. The van der Waals surface area contributed by atoms with Gasteiger partial charge in [0.2, 0.25) is 0 Å². The van der Waals surface area contributed by atoms with Gasteiger partial charge in [-0.3, -0.25) is 20.1 Å². The Balaban J connectivity index is 1.85. The molecular weight excluding hydrogens is 356 g/mol. The van der Waals surface area contributed by atoms with E-state index >= 15 is 0 Å². The van der Waals surface area contributed by atoms with E-state index in [0.717, 1.165) is 24.3 Å². The highest BCUT2D eigenvalue weighted by Gasteiger charge is 2.26. The van der Waals surface area contributed by atoms with Crippen LogP contribution in [0.4, 0.5) is 10.5 Å². The summed E-state index contributed by atoms with van der Waals surface area (Å²) in [5.74, 6) is 4.76. The van der Waals surface area contributed by atoms with Crippen molar-refractivity contribution in [1.82, 2.24) is 20.2 Å². The fraction of sp³-hybridized carbons (Fsp3) is 0.350. The number of nitrogens with zero attached hydrogens (tertiary/aromatic N) is 4. The van der Waals surface area contributed by atoms with Gasteiger partial charge in [-0.1, -0.05) is 18.2 Å². The quantitative estimate of drug-likeness (QED) is 0.473. The van der Waals surface area contributed by atoms with Gasteiger partial charge in [-0.05, 0) is 37.7 Å². The van der Waals surface area contributed by atoms with Gasteiger partial charge < -0.3 is 9.80 Å². The number of likely N-dealkylation sites (N-methyl/N-ethyl adjacent to an activating group) is 1. The van der Waals surface area contributed by atoms with Crippen LogP contribution in [0.15, 0.2) is 42.6 Å². The second kappa shape index (κ2) is 8.81. The van der Waals surface area contributed by atoms with E-state index < -0.39 is 5.91 Å². The molecule has 0 atom stereocenters. The van der Waals surface area contributed by atoms with Gasteiger partial charge in [-0.2, -0.15) is 0 Å². The number of carbonyl (C=O) groups is 2. The summed E-state index contributed by atoms with van der Waals surface area (Å²) in [5, 5.41) is 0. The predicted octanol–water partition coefficient (Wildman–Crippen LogP) is 1.37. The van der Waals surface area contributed by atoms with Crippen molar-refractivity contribution < 1.29 is 9.59 Å². The normalized spacial score (nSPS) is 14.6. The number of para-hydroxylation sites is 1. The van der Waals surface area contributed by atoms with Crippen molar-refractivity contribution >= 4 is 17.6 Å². The van der Waals surface area contributed by atoms with Crippen LogP contribution < -0.4 is 16.2 Å². The maximum absolute atomic E-state index is 13.3. The summed E-state index contributed by atoms with van der Waals surface area (Å²) < 4.78 is 0. The third-order valence-electron chi connectivity index (χ3n) is 4.95. The molecular formula is C20H26N6O2. The molecule has 1 aromatic carbocycles. The Labute approximate surface area is 164 Å². The Morgan fingerprint density at radius 3 is 2.46 bits per heavy atom. The van der Waals surface area contributed by atoms with Crippen LogP contribution in [0, 0.1) is 6.92 Å². The predicted molar refractivity (Wildman–Crippen MR) is 108 cm³/mol. The lowest BCUT2D eigenvalue weighted by Gasteiger charge is -2.36. The van der Waals surface area contributed by atoms with E-state index in [4.69, 9.17) is 5.84 Å². The molecule has 0 saturated carbocycles. The summed E-state index contributed by atoms with van der Waals surface area (Å²) in [6, 6.07) is 11.2. The Kier molecular flexibility index (Phi) is 6.23. The second-order valence-corrected chi connectivity index (χ2v) is 6.96. The topological polar surface area (TPSA) is 94.8 Å². The van der Waals surface area contributed by atoms with Crippen LogP contribution in [0.2, 0.25) is 0 Å². The van der Waals surface area contributed by atoms with Crippen LogP contribution in [-0.2, 0) is 6.54 Å². The molecule has 2 aromatic rings. The SMILES string of the molecule is Cc1ccccc1N(Cc1ccc(C(=O)NN)cn1)C(=O)N1CCN(C)CC1. The van der Waals surface area contributed by atoms with Gasteiger partial charge in [-0.25, -0.2) is 10.6 Å². The number of anilines is 1. The molecule has 0 bridgehead atoms. The number of rotatable bonds is 4. The Morgan fingerprint density at radius 2 is 1.86 bits per heavy atom. The van der Waals surface area contributed by atoms with Gasteiger partial charge in [0.1, 0.15) is 0 Å². The lowest BCUT2D eigenvalue weighted by molar-refractivity contribution is 0.0953. The minimum absolute atomic E-state index is 0.0343. The summed E-state index contributed by atoms with van der Waals surface area (Å²) in [5.41, 5.74) is 5.03. The first kappa shape index (κ1) is 19.8. The molecule has 1 aliphatic rings. The average Bonchev–Trinajstić information content (AvgIpc) is 2.72. The number of amides is 3. The smallest absolute Gasteiger partial charge is 0.322 e. The molecule has 1 aromatic heterocycles. The van der Waals surface area contributed by atoms with E-state index in [1.807, 2.05) is 36.1 Å². The molecule has 8 nitrogen and oxygen atoms in total. The Morgan fingerprint density at radius 1 is 1.14 bits per heavy atom. The first-order chi connectivity index (χ1) is 13.5. The molecule has 3 N–H and O–H groups in total. The van der Waals surface area contributed by atoms with E-state index in [9.17, 15) is 9.59 Å². The number of hydrogen-bond acceptors (Lipinski definition) is 5. The van der Waals surface area contributed by atoms with Crippen LogP contribution in [-0.4, -0.2) is 59.9 Å². The molecule has 2 heterocycles. The van der Waals surface area contributed by atoms with Gasteiger partial charge in [0.05, 0.1) is 17.8 Å². The molecule has 3 amide bonds. The van der Waals surface area contributed by atoms with Gasteiger partial charge in [-0.15, -0.1) is 0 Å². The minimum atomic E-state index is -0.400. The van der Waals surface area contributed by atoms with Crippen LogP contribution in [0.3, 0.4) is 0 Å². The number of nitrogens with one attached hydrogen (secondary N) is 1. The number of nitrogens with two attached hydrogens (primary N) is 1. The second-order valence-electron chi connectivity index (χ2n) is 6.96. The molecule has 28 heavy (non-hydrogen) atoms. The molecule has 1 fully saturated rings. The van der Waals surface area contributed by atoms with Gasteiger partial charge >= 0.3 is 6.03 Å². The number of piperazine rings is 1. The van der Waals surface area contributed by atoms with Gasteiger partial charge in [0, 0.05) is 38.1 Å². The number of aryl methyl sites for hydroxylation is 1. The maximum atomic E-state index is 13.3.